The van der Waals surface area contributed by atoms with Crippen LogP contribution in [0, 0.1) is 0 Å². The first-order chi connectivity index (χ1) is 13.2. The van der Waals surface area contributed by atoms with Crippen LogP contribution < -0.4 is 10.6 Å². The van der Waals surface area contributed by atoms with Gasteiger partial charge < -0.3 is 10.6 Å². The molecule has 0 saturated carbocycles. The van der Waals surface area contributed by atoms with E-state index >= 15 is 0 Å². The van der Waals surface area contributed by atoms with Gasteiger partial charge in [0.2, 0.25) is 0 Å². The van der Waals surface area contributed by atoms with Gasteiger partial charge >= 0.3 is 0 Å². The highest BCUT2D eigenvalue weighted by atomic mass is 35.5. The molecule has 2 heterocycles. The quantitative estimate of drug-likeness (QED) is 0.510. The van der Waals surface area contributed by atoms with Crippen molar-refractivity contribution in [1.82, 2.24) is 9.97 Å². The average molecular weight is 375 g/mol. The predicted octanol–water partition coefficient (Wildman–Crippen LogP) is 5.28. The SMILES string of the molecule is O=C(Nc1cccc2cccnc12)c1ccc(Nc2cccc(Cl)c2)nc1. The highest BCUT2D eigenvalue weighted by Crippen LogP contribution is 2.22. The summed E-state index contributed by atoms with van der Waals surface area (Å²) >= 11 is 5.98. The Bertz CT molecular complexity index is 1110. The van der Waals surface area contributed by atoms with E-state index in [0.29, 0.717) is 22.1 Å². The van der Waals surface area contributed by atoms with Crippen molar-refractivity contribution < 1.29 is 4.79 Å². The van der Waals surface area contributed by atoms with Gasteiger partial charge in [-0.25, -0.2) is 4.98 Å². The number of hydrogen-bond acceptors (Lipinski definition) is 4. The van der Waals surface area contributed by atoms with Crippen molar-refractivity contribution >= 4 is 45.6 Å². The van der Waals surface area contributed by atoms with Crippen LogP contribution in [0.1, 0.15) is 10.4 Å². The normalized spacial score (nSPS) is 10.6. The zero-order valence-electron chi connectivity index (χ0n) is 14.2. The van der Waals surface area contributed by atoms with Crippen molar-refractivity contribution in [2.45, 2.75) is 0 Å². The lowest BCUT2D eigenvalue weighted by molar-refractivity contribution is 0.102. The molecular weight excluding hydrogens is 360 g/mol. The molecule has 0 saturated heterocycles. The fourth-order valence-corrected chi connectivity index (χ4v) is 2.91. The van der Waals surface area contributed by atoms with Crippen LogP contribution in [-0.4, -0.2) is 15.9 Å². The molecule has 5 nitrogen and oxygen atoms in total. The molecule has 0 aliphatic carbocycles. The van der Waals surface area contributed by atoms with Gasteiger partial charge in [0.25, 0.3) is 5.91 Å². The fourth-order valence-electron chi connectivity index (χ4n) is 2.72. The van der Waals surface area contributed by atoms with Gasteiger partial charge in [-0.3, -0.25) is 9.78 Å². The van der Waals surface area contributed by atoms with E-state index in [9.17, 15) is 4.79 Å². The summed E-state index contributed by atoms with van der Waals surface area (Å²) < 4.78 is 0. The average Bonchev–Trinajstić information content (AvgIpc) is 2.69. The Morgan fingerprint density at radius 1 is 0.926 bits per heavy atom. The number of hydrogen-bond donors (Lipinski definition) is 2. The number of fused-ring (bicyclic) bond motifs is 1. The molecule has 2 N–H and O–H groups in total. The predicted molar refractivity (Wildman–Crippen MR) is 109 cm³/mol. The highest BCUT2D eigenvalue weighted by molar-refractivity contribution is 6.30. The zero-order chi connectivity index (χ0) is 18.6. The van der Waals surface area contributed by atoms with Gasteiger partial charge in [0.1, 0.15) is 5.82 Å². The lowest BCUT2D eigenvalue weighted by Gasteiger charge is -2.09. The maximum absolute atomic E-state index is 12.6. The molecule has 0 unspecified atom stereocenters. The van der Waals surface area contributed by atoms with Gasteiger partial charge in [0.05, 0.1) is 16.8 Å². The number of aromatic nitrogens is 2. The van der Waals surface area contributed by atoms with E-state index in [2.05, 4.69) is 20.6 Å². The van der Waals surface area contributed by atoms with Gasteiger partial charge in [0, 0.05) is 28.5 Å². The first kappa shape index (κ1) is 17.0. The first-order valence-corrected chi connectivity index (χ1v) is 8.70. The third kappa shape index (κ3) is 3.88. The maximum atomic E-state index is 12.6. The Morgan fingerprint density at radius 3 is 2.59 bits per heavy atom. The van der Waals surface area contributed by atoms with Crippen molar-refractivity contribution in [1.29, 1.82) is 0 Å². The summed E-state index contributed by atoms with van der Waals surface area (Å²) in [5.41, 5.74) is 2.70. The van der Waals surface area contributed by atoms with Crippen LogP contribution in [0.4, 0.5) is 17.2 Å². The lowest BCUT2D eigenvalue weighted by atomic mass is 10.2. The van der Waals surface area contributed by atoms with Gasteiger partial charge in [-0.2, -0.15) is 0 Å². The van der Waals surface area contributed by atoms with E-state index < -0.39 is 0 Å². The summed E-state index contributed by atoms with van der Waals surface area (Å²) in [5.74, 6) is 0.385. The van der Waals surface area contributed by atoms with E-state index in [1.807, 2.05) is 42.5 Å². The van der Waals surface area contributed by atoms with Crippen LogP contribution in [-0.2, 0) is 0 Å². The highest BCUT2D eigenvalue weighted by Gasteiger charge is 2.09. The zero-order valence-corrected chi connectivity index (χ0v) is 14.9. The summed E-state index contributed by atoms with van der Waals surface area (Å²) in [6.45, 7) is 0. The minimum absolute atomic E-state index is 0.241. The van der Waals surface area contributed by atoms with Crippen LogP contribution in [0.25, 0.3) is 10.9 Å². The number of para-hydroxylation sites is 1. The Kier molecular flexibility index (Phi) is 4.68. The fraction of sp³-hybridized carbons (Fsp3) is 0. The Morgan fingerprint density at radius 2 is 1.78 bits per heavy atom. The Hall–Kier alpha value is -3.44. The van der Waals surface area contributed by atoms with Crippen LogP contribution in [0.2, 0.25) is 5.02 Å². The standard InChI is InChI=1S/C21H15ClN4O/c22-16-6-2-7-17(12-16)25-19-10-9-15(13-24-19)21(27)26-18-8-1-4-14-5-3-11-23-20(14)18/h1-13H,(H,24,25)(H,26,27). The van der Waals surface area contributed by atoms with E-state index in [-0.39, 0.29) is 5.91 Å². The molecule has 0 atom stereocenters. The minimum atomic E-state index is -0.241. The number of amides is 1. The van der Waals surface area contributed by atoms with Crippen LogP contribution in [0.3, 0.4) is 0 Å². The molecule has 0 aliphatic heterocycles. The summed E-state index contributed by atoms with van der Waals surface area (Å²) in [5, 5.41) is 7.65. The minimum Gasteiger partial charge on any atom is -0.340 e. The molecular formula is C21H15ClN4O. The van der Waals surface area contributed by atoms with Crippen molar-refractivity contribution in [2.24, 2.45) is 0 Å². The molecule has 4 rings (SSSR count). The first-order valence-electron chi connectivity index (χ1n) is 8.33. The molecule has 132 valence electrons. The second kappa shape index (κ2) is 7.43. The smallest absolute Gasteiger partial charge is 0.257 e. The van der Waals surface area contributed by atoms with E-state index in [4.69, 9.17) is 11.6 Å². The van der Waals surface area contributed by atoms with Gasteiger partial charge in [0.15, 0.2) is 0 Å². The van der Waals surface area contributed by atoms with Crippen molar-refractivity contribution in [3.8, 4) is 0 Å². The summed E-state index contributed by atoms with van der Waals surface area (Å²) in [6.07, 6.45) is 3.23. The summed E-state index contributed by atoms with van der Waals surface area (Å²) in [7, 11) is 0. The molecule has 4 aromatic rings. The molecule has 0 bridgehead atoms. The summed E-state index contributed by atoms with van der Waals surface area (Å²) in [6, 6.07) is 20.3. The van der Waals surface area contributed by atoms with Crippen LogP contribution in [0.5, 0.6) is 0 Å². The number of anilines is 3. The molecule has 2 aromatic heterocycles. The Balaban J connectivity index is 1.51. The number of benzene rings is 2. The number of nitrogens with zero attached hydrogens (tertiary/aromatic N) is 2. The lowest BCUT2D eigenvalue weighted by Crippen LogP contribution is -2.12. The molecule has 0 fully saturated rings. The third-order valence-electron chi connectivity index (χ3n) is 4.00. The largest absolute Gasteiger partial charge is 0.340 e. The monoisotopic (exact) mass is 374 g/mol. The number of rotatable bonds is 4. The molecule has 2 aromatic carbocycles. The van der Waals surface area contributed by atoms with Crippen molar-refractivity contribution in [3.05, 3.63) is 89.7 Å². The van der Waals surface area contributed by atoms with Gasteiger partial charge in [-0.15, -0.1) is 0 Å². The second-order valence-electron chi connectivity index (χ2n) is 5.90. The van der Waals surface area contributed by atoms with Crippen molar-refractivity contribution in [3.63, 3.8) is 0 Å². The molecule has 27 heavy (non-hydrogen) atoms. The van der Waals surface area contributed by atoms with Crippen LogP contribution in [0.15, 0.2) is 79.1 Å². The van der Waals surface area contributed by atoms with Gasteiger partial charge in [-0.05, 0) is 42.5 Å². The molecule has 0 radical (unpaired) electrons. The van der Waals surface area contributed by atoms with E-state index in [0.717, 1.165) is 16.6 Å². The number of pyridine rings is 2. The second-order valence-corrected chi connectivity index (χ2v) is 6.34. The maximum Gasteiger partial charge on any atom is 0.257 e. The van der Waals surface area contributed by atoms with Crippen molar-refractivity contribution in [2.75, 3.05) is 10.6 Å². The van der Waals surface area contributed by atoms with Crippen LogP contribution >= 0.6 is 11.6 Å². The number of carbonyl (C=O) groups excluding carboxylic acids is 1. The topological polar surface area (TPSA) is 66.9 Å². The molecule has 6 heteroatoms. The van der Waals surface area contributed by atoms with E-state index in [1.54, 1.807) is 30.5 Å². The molecule has 1 amide bonds. The number of nitrogens with one attached hydrogen (secondary N) is 2. The molecule has 0 spiro atoms. The van der Waals surface area contributed by atoms with E-state index in [1.165, 1.54) is 6.20 Å². The third-order valence-corrected chi connectivity index (χ3v) is 4.24. The number of halogens is 1. The summed E-state index contributed by atoms with van der Waals surface area (Å²) in [4.78, 5) is 21.2. The van der Waals surface area contributed by atoms with Gasteiger partial charge in [-0.1, -0.05) is 35.9 Å². The molecule has 0 aliphatic rings. The number of carbonyl (C=O) groups is 1. The Labute approximate surface area is 161 Å².